The van der Waals surface area contributed by atoms with Gasteiger partial charge in [-0.3, -0.25) is 9.59 Å². The highest BCUT2D eigenvalue weighted by Crippen LogP contribution is 2.52. The van der Waals surface area contributed by atoms with Gasteiger partial charge in [0.2, 0.25) is 5.91 Å². The van der Waals surface area contributed by atoms with Crippen molar-refractivity contribution in [2.45, 2.75) is 33.1 Å². The molecule has 2 aromatic rings. The van der Waals surface area contributed by atoms with Gasteiger partial charge in [-0.1, -0.05) is 23.8 Å². The standard InChI is InChI=1S/C20H22N2O3S/c1-10-3-6-14(11(2)7-10)15-9-26-20(21-15)22-18(23)16-12-4-5-13(8-12)17(16)19(24)25/h3,6-7,9,12-13,16-17H,4-5,8H2,1-2H3,(H,24,25)(H,21,22,23)/t12-,13+,16-,17+/m1/s1. The molecule has 1 aromatic heterocycles. The molecular weight excluding hydrogens is 348 g/mol. The molecule has 4 atom stereocenters. The second-order valence-corrected chi connectivity index (χ2v) is 8.43. The van der Waals surface area contributed by atoms with Crippen LogP contribution in [-0.4, -0.2) is 22.0 Å². The van der Waals surface area contributed by atoms with Gasteiger partial charge in [-0.25, -0.2) is 4.98 Å². The molecule has 0 aliphatic heterocycles. The van der Waals surface area contributed by atoms with Crippen molar-refractivity contribution in [3.05, 3.63) is 34.7 Å². The molecule has 1 aromatic carbocycles. The molecule has 0 saturated heterocycles. The molecule has 2 fully saturated rings. The van der Waals surface area contributed by atoms with E-state index in [4.69, 9.17) is 0 Å². The van der Waals surface area contributed by atoms with Crippen LogP contribution >= 0.6 is 11.3 Å². The summed E-state index contributed by atoms with van der Waals surface area (Å²) in [5, 5.41) is 14.9. The normalized spacial score (nSPS) is 26.8. The van der Waals surface area contributed by atoms with Crippen LogP contribution in [-0.2, 0) is 9.59 Å². The van der Waals surface area contributed by atoms with Crippen LogP contribution in [0.25, 0.3) is 11.3 Å². The molecule has 2 saturated carbocycles. The molecule has 6 heteroatoms. The number of hydrogen-bond acceptors (Lipinski definition) is 4. The Labute approximate surface area is 156 Å². The lowest BCUT2D eigenvalue weighted by Crippen LogP contribution is -2.37. The van der Waals surface area contributed by atoms with E-state index < -0.39 is 17.8 Å². The summed E-state index contributed by atoms with van der Waals surface area (Å²) >= 11 is 1.38. The summed E-state index contributed by atoms with van der Waals surface area (Å²) in [5.41, 5.74) is 4.24. The molecule has 1 heterocycles. The van der Waals surface area contributed by atoms with E-state index in [2.05, 4.69) is 23.3 Å². The molecule has 0 radical (unpaired) electrons. The number of carboxylic acids is 1. The van der Waals surface area contributed by atoms with Crippen LogP contribution in [0.5, 0.6) is 0 Å². The first-order valence-electron chi connectivity index (χ1n) is 9.01. The largest absolute Gasteiger partial charge is 0.481 e. The lowest BCUT2D eigenvalue weighted by Gasteiger charge is -2.26. The van der Waals surface area contributed by atoms with E-state index in [1.807, 2.05) is 24.4 Å². The maximum Gasteiger partial charge on any atom is 0.307 e. The van der Waals surface area contributed by atoms with Gasteiger partial charge >= 0.3 is 5.97 Å². The summed E-state index contributed by atoms with van der Waals surface area (Å²) in [7, 11) is 0. The number of amides is 1. The smallest absolute Gasteiger partial charge is 0.307 e. The van der Waals surface area contributed by atoms with Crippen LogP contribution in [0, 0.1) is 37.5 Å². The van der Waals surface area contributed by atoms with E-state index in [9.17, 15) is 14.7 Å². The number of carbonyl (C=O) groups excluding carboxylic acids is 1. The number of benzene rings is 1. The molecule has 1 amide bonds. The van der Waals surface area contributed by atoms with E-state index in [-0.39, 0.29) is 17.7 Å². The molecule has 5 nitrogen and oxygen atoms in total. The van der Waals surface area contributed by atoms with Crippen LogP contribution in [0.2, 0.25) is 0 Å². The van der Waals surface area contributed by atoms with Crippen LogP contribution in [0.1, 0.15) is 30.4 Å². The van der Waals surface area contributed by atoms with Crippen molar-refractivity contribution < 1.29 is 14.7 Å². The zero-order valence-corrected chi connectivity index (χ0v) is 15.7. The predicted molar refractivity (Wildman–Crippen MR) is 101 cm³/mol. The van der Waals surface area contributed by atoms with Gasteiger partial charge in [-0.2, -0.15) is 0 Å². The first-order valence-corrected chi connectivity index (χ1v) is 9.89. The highest BCUT2D eigenvalue weighted by Gasteiger charge is 2.54. The molecule has 26 heavy (non-hydrogen) atoms. The molecule has 2 bridgehead atoms. The van der Waals surface area contributed by atoms with Crippen molar-refractivity contribution in [3.63, 3.8) is 0 Å². The van der Waals surface area contributed by atoms with Crippen molar-refractivity contribution in [2.24, 2.45) is 23.7 Å². The number of carboxylic acid groups (broad SMARTS) is 1. The molecule has 2 N–H and O–H groups in total. The van der Waals surface area contributed by atoms with Gasteiger partial charge in [0, 0.05) is 10.9 Å². The molecule has 2 aliphatic rings. The minimum Gasteiger partial charge on any atom is -0.481 e. The van der Waals surface area contributed by atoms with Gasteiger partial charge in [0.05, 0.1) is 17.5 Å². The predicted octanol–water partition coefficient (Wildman–Crippen LogP) is 4.11. The summed E-state index contributed by atoms with van der Waals surface area (Å²) < 4.78 is 0. The first kappa shape index (κ1) is 17.2. The molecule has 0 spiro atoms. The van der Waals surface area contributed by atoms with Crippen LogP contribution in [0.15, 0.2) is 23.6 Å². The molecular formula is C20H22N2O3S. The third kappa shape index (κ3) is 2.92. The molecule has 136 valence electrons. The van der Waals surface area contributed by atoms with Gasteiger partial charge in [-0.05, 0) is 50.5 Å². The Bertz CT molecular complexity index is 876. The Balaban J connectivity index is 1.52. The zero-order chi connectivity index (χ0) is 18.4. The second kappa shape index (κ2) is 6.50. The Morgan fingerprint density at radius 1 is 1.19 bits per heavy atom. The third-order valence-electron chi connectivity index (χ3n) is 5.90. The van der Waals surface area contributed by atoms with E-state index >= 15 is 0 Å². The molecule has 2 aliphatic carbocycles. The minimum absolute atomic E-state index is 0.148. The van der Waals surface area contributed by atoms with Gasteiger partial charge < -0.3 is 10.4 Å². The van der Waals surface area contributed by atoms with Crippen molar-refractivity contribution in [1.82, 2.24) is 4.98 Å². The number of nitrogens with one attached hydrogen (secondary N) is 1. The molecule has 4 rings (SSSR count). The van der Waals surface area contributed by atoms with E-state index in [0.29, 0.717) is 5.13 Å². The lowest BCUT2D eigenvalue weighted by atomic mass is 9.79. The van der Waals surface area contributed by atoms with E-state index in [0.717, 1.165) is 36.1 Å². The quantitative estimate of drug-likeness (QED) is 0.849. The number of carbonyl (C=O) groups is 2. The van der Waals surface area contributed by atoms with Gasteiger partial charge in [-0.15, -0.1) is 11.3 Å². The average molecular weight is 370 g/mol. The van der Waals surface area contributed by atoms with E-state index in [1.165, 1.54) is 16.9 Å². The van der Waals surface area contributed by atoms with Crippen molar-refractivity contribution in [3.8, 4) is 11.3 Å². The van der Waals surface area contributed by atoms with Gasteiger partial charge in [0.15, 0.2) is 5.13 Å². The molecule has 0 unspecified atom stereocenters. The van der Waals surface area contributed by atoms with Crippen molar-refractivity contribution >= 4 is 28.3 Å². The lowest BCUT2D eigenvalue weighted by molar-refractivity contribution is -0.148. The number of rotatable bonds is 4. The fourth-order valence-electron chi connectivity index (χ4n) is 4.77. The SMILES string of the molecule is Cc1ccc(-c2csc(NC(=O)[C@@H]3[C@@H]4CC[C@@H](C4)[C@@H]3C(=O)O)n2)c(C)c1. The maximum absolute atomic E-state index is 12.8. The van der Waals surface area contributed by atoms with Crippen LogP contribution in [0.4, 0.5) is 5.13 Å². The average Bonchev–Trinajstić information content (AvgIpc) is 3.29. The first-order chi connectivity index (χ1) is 12.4. The highest BCUT2D eigenvalue weighted by molar-refractivity contribution is 7.14. The minimum atomic E-state index is -0.840. The van der Waals surface area contributed by atoms with Gasteiger partial charge in [0.25, 0.3) is 0 Å². The zero-order valence-electron chi connectivity index (χ0n) is 14.9. The number of aryl methyl sites for hydroxylation is 2. The summed E-state index contributed by atoms with van der Waals surface area (Å²) in [6.07, 6.45) is 2.75. The Morgan fingerprint density at radius 3 is 2.62 bits per heavy atom. The number of fused-ring (bicyclic) bond motifs is 2. The van der Waals surface area contributed by atoms with E-state index in [1.54, 1.807) is 0 Å². The fourth-order valence-corrected chi connectivity index (χ4v) is 5.48. The number of thiazole rings is 1. The topological polar surface area (TPSA) is 79.3 Å². The van der Waals surface area contributed by atoms with Crippen LogP contribution in [0.3, 0.4) is 0 Å². The number of anilines is 1. The van der Waals surface area contributed by atoms with Crippen LogP contribution < -0.4 is 5.32 Å². The monoisotopic (exact) mass is 370 g/mol. The Kier molecular flexibility index (Phi) is 4.31. The number of aliphatic carboxylic acids is 1. The fraction of sp³-hybridized carbons (Fsp3) is 0.450. The maximum atomic E-state index is 12.8. The van der Waals surface area contributed by atoms with Crippen molar-refractivity contribution in [1.29, 1.82) is 0 Å². The summed E-state index contributed by atoms with van der Waals surface area (Å²) in [6, 6.07) is 6.20. The third-order valence-corrected chi connectivity index (χ3v) is 6.65. The number of nitrogens with zero attached hydrogens (tertiary/aromatic N) is 1. The second-order valence-electron chi connectivity index (χ2n) is 7.57. The number of aromatic nitrogens is 1. The highest BCUT2D eigenvalue weighted by atomic mass is 32.1. The summed E-state index contributed by atoms with van der Waals surface area (Å²) in [5.74, 6) is -1.67. The number of hydrogen-bond donors (Lipinski definition) is 2. The Hall–Kier alpha value is -2.21. The van der Waals surface area contributed by atoms with Gasteiger partial charge in [0.1, 0.15) is 0 Å². The van der Waals surface area contributed by atoms with Crippen molar-refractivity contribution in [2.75, 3.05) is 5.32 Å². The Morgan fingerprint density at radius 2 is 1.92 bits per heavy atom. The summed E-state index contributed by atoms with van der Waals surface area (Å²) in [6.45, 7) is 4.10. The summed E-state index contributed by atoms with van der Waals surface area (Å²) in [4.78, 5) is 28.9.